The summed E-state index contributed by atoms with van der Waals surface area (Å²) in [6.07, 6.45) is 1.57. The number of rotatable bonds is 5. The van der Waals surface area contributed by atoms with Gasteiger partial charge < -0.3 is 4.74 Å². The van der Waals surface area contributed by atoms with Crippen LogP contribution in [0.4, 0.5) is 0 Å². The quantitative estimate of drug-likeness (QED) is 0.614. The molecule has 0 atom stereocenters. The summed E-state index contributed by atoms with van der Waals surface area (Å²) in [7, 11) is -3.66. The van der Waals surface area contributed by atoms with Crippen molar-refractivity contribution in [2.75, 3.05) is 26.3 Å². The van der Waals surface area contributed by atoms with Crippen molar-refractivity contribution < 1.29 is 17.9 Å². The lowest BCUT2D eigenvalue weighted by Crippen LogP contribution is -2.40. The summed E-state index contributed by atoms with van der Waals surface area (Å²) in [5.41, 5.74) is 5.78. The number of benzene rings is 2. The molecule has 8 heteroatoms. The van der Waals surface area contributed by atoms with Crippen molar-refractivity contribution in [2.24, 2.45) is 5.10 Å². The number of carbonyl (C=O) groups excluding carboxylic acids is 1. The molecular formula is C20H23N3O4S. The van der Waals surface area contributed by atoms with Crippen LogP contribution in [0.25, 0.3) is 0 Å². The maximum Gasteiger partial charge on any atom is 0.271 e. The number of nitrogens with one attached hydrogen (secondary N) is 1. The summed E-state index contributed by atoms with van der Waals surface area (Å²) in [6.45, 7) is 5.32. The minimum Gasteiger partial charge on any atom is -0.379 e. The minimum atomic E-state index is -3.66. The third-order valence-electron chi connectivity index (χ3n) is 4.50. The zero-order valence-corrected chi connectivity index (χ0v) is 16.7. The Hall–Kier alpha value is -2.55. The van der Waals surface area contributed by atoms with Gasteiger partial charge in [-0.15, -0.1) is 0 Å². The van der Waals surface area contributed by atoms with Crippen molar-refractivity contribution in [1.82, 2.24) is 9.73 Å². The molecule has 0 saturated carbocycles. The van der Waals surface area contributed by atoms with E-state index in [1.165, 1.54) is 16.4 Å². The molecule has 1 fully saturated rings. The number of morpholine rings is 1. The number of aryl methyl sites for hydroxylation is 2. The fourth-order valence-corrected chi connectivity index (χ4v) is 4.38. The smallest absolute Gasteiger partial charge is 0.271 e. The van der Waals surface area contributed by atoms with E-state index in [4.69, 9.17) is 4.74 Å². The normalized spacial score (nSPS) is 15.6. The zero-order chi connectivity index (χ0) is 20.1. The third-order valence-corrected chi connectivity index (χ3v) is 6.39. The monoisotopic (exact) mass is 401 g/mol. The van der Waals surface area contributed by atoms with Crippen molar-refractivity contribution in [3.05, 3.63) is 64.7 Å². The molecular weight excluding hydrogens is 378 g/mol. The van der Waals surface area contributed by atoms with Gasteiger partial charge in [0.2, 0.25) is 10.0 Å². The van der Waals surface area contributed by atoms with E-state index in [2.05, 4.69) is 10.5 Å². The molecule has 1 amide bonds. The van der Waals surface area contributed by atoms with Crippen molar-refractivity contribution >= 4 is 22.1 Å². The van der Waals surface area contributed by atoms with Gasteiger partial charge in [0.05, 0.1) is 24.3 Å². The highest BCUT2D eigenvalue weighted by Crippen LogP contribution is 2.18. The van der Waals surface area contributed by atoms with E-state index in [9.17, 15) is 13.2 Å². The van der Waals surface area contributed by atoms with Gasteiger partial charge in [-0.05, 0) is 43.2 Å². The molecule has 7 nitrogen and oxygen atoms in total. The van der Waals surface area contributed by atoms with Crippen LogP contribution in [0.3, 0.4) is 0 Å². The molecule has 0 aliphatic carbocycles. The van der Waals surface area contributed by atoms with E-state index < -0.39 is 15.9 Å². The Morgan fingerprint density at radius 3 is 2.61 bits per heavy atom. The topological polar surface area (TPSA) is 88.1 Å². The molecule has 1 N–H and O–H groups in total. The van der Waals surface area contributed by atoms with E-state index in [0.29, 0.717) is 26.3 Å². The number of hydrazone groups is 1. The highest BCUT2D eigenvalue weighted by Gasteiger charge is 2.26. The first-order valence-corrected chi connectivity index (χ1v) is 10.4. The van der Waals surface area contributed by atoms with Crippen LogP contribution in [-0.2, 0) is 14.8 Å². The molecule has 2 aromatic carbocycles. The molecule has 0 bridgehead atoms. The highest BCUT2D eigenvalue weighted by atomic mass is 32.2. The SMILES string of the molecule is Cc1ccc(C=NNC(=O)c2cccc(S(=O)(=O)N3CCOCC3)c2)c(C)c1. The number of hydrogen-bond acceptors (Lipinski definition) is 5. The molecule has 1 saturated heterocycles. The van der Waals surface area contributed by atoms with Crippen LogP contribution < -0.4 is 5.43 Å². The van der Waals surface area contributed by atoms with Gasteiger partial charge >= 0.3 is 0 Å². The van der Waals surface area contributed by atoms with Crippen LogP contribution in [0.15, 0.2) is 52.5 Å². The summed E-state index contributed by atoms with van der Waals surface area (Å²) >= 11 is 0. The first-order chi connectivity index (χ1) is 13.4. The van der Waals surface area contributed by atoms with E-state index in [0.717, 1.165) is 16.7 Å². The second kappa shape index (κ2) is 8.64. The highest BCUT2D eigenvalue weighted by molar-refractivity contribution is 7.89. The molecule has 1 aliphatic rings. The summed E-state index contributed by atoms with van der Waals surface area (Å²) in [4.78, 5) is 12.5. The van der Waals surface area contributed by atoms with Gasteiger partial charge in [0.15, 0.2) is 0 Å². The van der Waals surface area contributed by atoms with Gasteiger partial charge in [0.1, 0.15) is 0 Å². The second-order valence-electron chi connectivity index (χ2n) is 6.60. The number of hydrogen-bond donors (Lipinski definition) is 1. The van der Waals surface area contributed by atoms with E-state index in [1.54, 1.807) is 18.3 Å². The number of amides is 1. The first kappa shape index (κ1) is 20.2. The molecule has 0 unspecified atom stereocenters. The molecule has 2 aromatic rings. The molecule has 0 radical (unpaired) electrons. The molecule has 0 aromatic heterocycles. The van der Waals surface area contributed by atoms with Gasteiger partial charge in [-0.2, -0.15) is 9.41 Å². The van der Waals surface area contributed by atoms with Crippen LogP contribution in [0.5, 0.6) is 0 Å². The van der Waals surface area contributed by atoms with E-state index in [1.807, 2.05) is 32.0 Å². The number of sulfonamides is 1. The summed E-state index contributed by atoms with van der Waals surface area (Å²) in [6, 6.07) is 11.9. The molecule has 28 heavy (non-hydrogen) atoms. The molecule has 148 valence electrons. The molecule has 1 heterocycles. The standard InChI is InChI=1S/C20H23N3O4S/c1-15-6-7-18(16(2)12-15)14-21-22-20(24)17-4-3-5-19(13-17)28(25,26)23-8-10-27-11-9-23/h3-7,12-14H,8-11H2,1-2H3,(H,22,24). The van der Waals surface area contributed by atoms with E-state index >= 15 is 0 Å². The minimum absolute atomic E-state index is 0.0837. The lowest BCUT2D eigenvalue weighted by Gasteiger charge is -2.26. The number of carbonyl (C=O) groups is 1. The number of nitrogens with zero attached hydrogens (tertiary/aromatic N) is 2. The van der Waals surface area contributed by atoms with Crippen molar-refractivity contribution in [2.45, 2.75) is 18.7 Å². The van der Waals surface area contributed by atoms with Gasteiger partial charge in [-0.1, -0.05) is 29.8 Å². The maximum atomic E-state index is 12.7. The van der Waals surface area contributed by atoms with Gasteiger partial charge in [0.25, 0.3) is 5.91 Å². The largest absolute Gasteiger partial charge is 0.379 e. The molecule has 1 aliphatic heterocycles. The average Bonchev–Trinajstić information content (AvgIpc) is 2.70. The van der Waals surface area contributed by atoms with Crippen molar-refractivity contribution in [3.8, 4) is 0 Å². The lowest BCUT2D eigenvalue weighted by molar-refractivity contribution is 0.0730. The predicted molar refractivity (Wildman–Crippen MR) is 107 cm³/mol. The molecule has 3 rings (SSSR count). The fourth-order valence-electron chi connectivity index (χ4n) is 2.93. The van der Waals surface area contributed by atoms with Gasteiger partial charge in [-0.3, -0.25) is 4.79 Å². The van der Waals surface area contributed by atoms with Crippen LogP contribution in [-0.4, -0.2) is 51.1 Å². The van der Waals surface area contributed by atoms with Gasteiger partial charge in [-0.25, -0.2) is 13.8 Å². The Morgan fingerprint density at radius 1 is 1.14 bits per heavy atom. The van der Waals surface area contributed by atoms with Crippen LogP contribution in [0, 0.1) is 13.8 Å². The van der Waals surface area contributed by atoms with E-state index in [-0.39, 0.29) is 10.5 Å². The molecule has 0 spiro atoms. The van der Waals surface area contributed by atoms with Crippen LogP contribution in [0.1, 0.15) is 27.0 Å². The average molecular weight is 401 g/mol. The Bertz CT molecular complexity index is 996. The maximum absolute atomic E-state index is 12.7. The predicted octanol–water partition coefficient (Wildman–Crippen LogP) is 2.09. The third kappa shape index (κ3) is 4.64. The second-order valence-corrected chi connectivity index (χ2v) is 8.54. The van der Waals surface area contributed by atoms with Crippen LogP contribution >= 0.6 is 0 Å². The fraction of sp³-hybridized carbons (Fsp3) is 0.300. The van der Waals surface area contributed by atoms with Crippen LogP contribution in [0.2, 0.25) is 0 Å². The first-order valence-electron chi connectivity index (χ1n) is 8.96. The summed E-state index contributed by atoms with van der Waals surface area (Å²) in [5.74, 6) is -0.472. The summed E-state index contributed by atoms with van der Waals surface area (Å²) in [5, 5.41) is 3.99. The zero-order valence-electron chi connectivity index (χ0n) is 15.9. The van der Waals surface area contributed by atoms with Crippen molar-refractivity contribution in [1.29, 1.82) is 0 Å². The Balaban J connectivity index is 1.72. The Morgan fingerprint density at radius 2 is 1.89 bits per heavy atom. The number of ether oxygens (including phenoxy) is 1. The Kier molecular flexibility index (Phi) is 6.23. The lowest BCUT2D eigenvalue weighted by atomic mass is 10.1. The van der Waals surface area contributed by atoms with Gasteiger partial charge in [0, 0.05) is 18.7 Å². The summed E-state index contributed by atoms with van der Waals surface area (Å²) < 4.78 is 32.0. The Labute approximate surface area is 165 Å². The van der Waals surface area contributed by atoms with Crippen molar-refractivity contribution in [3.63, 3.8) is 0 Å².